The Morgan fingerprint density at radius 3 is 2.76 bits per heavy atom. The van der Waals surface area contributed by atoms with Crippen molar-refractivity contribution in [2.75, 3.05) is 12.4 Å². The molecule has 0 bridgehead atoms. The Bertz CT molecular complexity index is 592. The summed E-state index contributed by atoms with van der Waals surface area (Å²) >= 11 is 0. The second kappa shape index (κ2) is 6.56. The van der Waals surface area contributed by atoms with E-state index in [-0.39, 0.29) is 11.8 Å². The SMILES string of the molecule is COc1ccc(NC(=O)/C=C/C2CC=C([N+](=O)[O-])O2)cc1. The second-order valence-electron chi connectivity index (χ2n) is 4.27. The van der Waals surface area contributed by atoms with Crippen LogP contribution in [0.3, 0.4) is 0 Å². The number of ether oxygens (including phenoxy) is 2. The van der Waals surface area contributed by atoms with E-state index in [9.17, 15) is 14.9 Å². The van der Waals surface area contributed by atoms with Crippen LogP contribution in [0, 0.1) is 10.1 Å². The monoisotopic (exact) mass is 290 g/mol. The summed E-state index contributed by atoms with van der Waals surface area (Å²) < 4.78 is 10.0. The third-order valence-corrected chi connectivity index (χ3v) is 2.80. The average molecular weight is 290 g/mol. The van der Waals surface area contributed by atoms with Gasteiger partial charge in [0.15, 0.2) is 0 Å². The molecule has 0 radical (unpaired) electrons. The van der Waals surface area contributed by atoms with Gasteiger partial charge in [-0.15, -0.1) is 0 Å². The molecular weight excluding hydrogens is 276 g/mol. The fourth-order valence-corrected chi connectivity index (χ4v) is 1.76. The maximum atomic E-state index is 11.7. The van der Waals surface area contributed by atoms with E-state index in [2.05, 4.69) is 5.32 Å². The first-order valence-corrected chi connectivity index (χ1v) is 6.23. The van der Waals surface area contributed by atoms with Crippen molar-refractivity contribution in [3.63, 3.8) is 0 Å². The van der Waals surface area contributed by atoms with Crippen LogP contribution in [-0.2, 0) is 9.53 Å². The number of nitro groups is 1. The number of methoxy groups -OCH3 is 1. The third kappa shape index (κ3) is 4.07. The number of hydrogen-bond donors (Lipinski definition) is 1. The number of nitrogens with one attached hydrogen (secondary N) is 1. The number of anilines is 1. The Kier molecular flexibility index (Phi) is 4.55. The highest BCUT2D eigenvalue weighted by Gasteiger charge is 2.24. The fourth-order valence-electron chi connectivity index (χ4n) is 1.76. The lowest BCUT2D eigenvalue weighted by Crippen LogP contribution is -2.11. The molecule has 1 aromatic carbocycles. The number of benzene rings is 1. The number of hydrogen-bond acceptors (Lipinski definition) is 5. The molecule has 0 saturated heterocycles. The van der Waals surface area contributed by atoms with Gasteiger partial charge in [0.25, 0.3) is 0 Å². The minimum Gasteiger partial charge on any atom is -0.497 e. The Balaban J connectivity index is 1.84. The summed E-state index contributed by atoms with van der Waals surface area (Å²) in [6, 6.07) is 6.88. The van der Waals surface area contributed by atoms with E-state index >= 15 is 0 Å². The van der Waals surface area contributed by atoms with Crippen molar-refractivity contribution in [1.82, 2.24) is 0 Å². The summed E-state index contributed by atoms with van der Waals surface area (Å²) in [6.07, 6.45) is 4.07. The van der Waals surface area contributed by atoms with Crippen molar-refractivity contribution in [2.45, 2.75) is 12.5 Å². The molecule has 0 saturated carbocycles. The number of amides is 1. The molecule has 0 fully saturated rings. The summed E-state index contributed by atoms with van der Waals surface area (Å²) in [5.41, 5.74) is 0.627. The standard InChI is InChI=1S/C14H14N2O5/c1-20-11-4-2-10(3-5-11)15-13(17)8-6-12-7-9-14(21-12)16(18)19/h2-6,8-9,12H,7H2,1H3,(H,15,17)/b8-6+. The predicted molar refractivity (Wildman–Crippen MR) is 75.3 cm³/mol. The van der Waals surface area contributed by atoms with Crippen LogP contribution in [0.2, 0.25) is 0 Å². The minimum atomic E-state index is -0.592. The summed E-state index contributed by atoms with van der Waals surface area (Å²) in [5, 5.41) is 13.1. The van der Waals surface area contributed by atoms with E-state index < -0.39 is 11.0 Å². The van der Waals surface area contributed by atoms with Crippen LogP contribution in [-0.4, -0.2) is 24.0 Å². The van der Waals surface area contributed by atoms with Gasteiger partial charge in [0.05, 0.1) is 7.11 Å². The van der Waals surface area contributed by atoms with E-state index in [1.54, 1.807) is 31.4 Å². The zero-order valence-corrected chi connectivity index (χ0v) is 11.3. The third-order valence-electron chi connectivity index (χ3n) is 2.80. The largest absolute Gasteiger partial charge is 0.497 e. The first-order valence-electron chi connectivity index (χ1n) is 6.23. The second-order valence-corrected chi connectivity index (χ2v) is 4.27. The maximum Gasteiger partial charge on any atom is 0.424 e. The molecule has 1 N–H and O–H groups in total. The lowest BCUT2D eigenvalue weighted by atomic mass is 10.2. The van der Waals surface area contributed by atoms with Gasteiger partial charge in [0.2, 0.25) is 5.91 Å². The molecule has 0 spiro atoms. The van der Waals surface area contributed by atoms with E-state index in [4.69, 9.17) is 9.47 Å². The van der Waals surface area contributed by atoms with Crippen LogP contribution >= 0.6 is 0 Å². The smallest absolute Gasteiger partial charge is 0.424 e. The van der Waals surface area contributed by atoms with Gasteiger partial charge in [-0.1, -0.05) is 0 Å². The molecule has 1 heterocycles. The molecule has 1 atom stereocenters. The highest BCUT2D eigenvalue weighted by Crippen LogP contribution is 2.18. The Hall–Kier alpha value is -2.83. The molecule has 1 aliphatic rings. The summed E-state index contributed by atoms with van der Waals surface area (Å²) in [5.74, 6) is 0.0832. The molecule has 1 aliphatic heterocycles. The molecule has 21 heavy (non-hydrogen) atoms. The van der Waals surface area contributed by atoms with Crippen LogP contribution in [0.4, 0.5) is 5.69 Å². The van der Waals surface area contributed by atoms with Crippen molar-refractivity contribution < 1.29 is 19.2 Å². The topological polar surface area (TPSA) is 90.7 Å². The average Bonchev–Trinajstić information content (AvgIpc) is 2.95. The molecule has 0 aliphatic carbocycles. The quantitative estimate of drug-likeness (QED) is 0.509. The van der Waals surface area contributed by atoms with E-state index in [0.29, 0.717) is 17.9 Å². The number of carbonyl (C=O) groups is 1. The van der Waals surface area contributed by atoms with Crippen LogP contribution < -0.4 is 10.1 Å². The molecule has 1 aromatic rings. The van der Waals surface area contributed by atoms with Crippen molar-refractivity contribution >= 4 is 11.6 Å². The van der Waals surface area contributed by atoms with Gasteiger partial charge >= 0.3 is 5.88 Å². The van der Waals surface area contributed by atoms with Gasteiger partial charge in [-0.2, -0.15) is 0 Å². The van der Waals surface area contributed by atoms with Gasteiger partial charge in [-0.3, -0.25) is 14.9 Å². The zero-order chi connectivity index (χ0) is 15.2. The van der Waals surface area contributed by atoms with E-state index in [0.717, 1.165) is 0 Å². The van der Waals surface area contributed by atoms with Crippen molar-refractivity contribution in [1.29, 1.82) is 0 Å². The van der Waals surface area contributed by atoms with Crippen LogP contribution in [0.15, 0.2) is 48.4 Å². The molecule has 7 heteroatoms. The van der Waals surface area contributed by atoms with E-state index in [1.165, 1.54) is 18.2 Å². The van der Waals surface area contributed by atoms with Gasteiger partial charge in [-0.25, -0.2) is 0 Å². The number of rotatable bonds is 5. The Labute approximate surface area is 121 Å². The first-order chi connectivity index (χ1) is 10.1. The molecule has 2 rings (SSSR count). The highest BCUT2D eigenvalue weighted by atomic mass is 16.7. The first kappa shape index (κ1) is 14.6. The highest BCUT2D eigenvalue weighted by molar-refractivity contribution is 5.99. The molecule has 0 aromatic heterocycles. The van der Waals surface area contributed by atoms with Crippen LogP contribution in [0.25, 0.3) is 0 Å². The Morgan fingerprint density at radius 1 is 1.48 bits per heavy atom. The minimum absolute atomic E-state index is 0.278. The molecule has 1 unspecified atom stereocenters. The zero-order valence-electron chi connectivity index (χ0n) is 11.3. The fraction of sp³-hybridized carbons (Fsp3) is 0.214. The van der Waals surface area contributed by atoms with Crippen LogP contribution in [0.5, 0.6) is 5.75 Å². The van der Waals surface area contributed by atoms with Gasteiger partial charge < -0.3 is 14.8 Å². The lowest BCUT2D eigenvalue weighted by molar-refractivity contribution is -0.462. The van der Waals surface area contributed by atoms with Gasteiger partial charge in [-0.05, 0) is 30.3 Å². The summed E-state index contributed by atoms with van der Waals surface area (Å²) in [7, 11) is 1.56. The number of nitrogens with zero attached hydrogens (tertiary/aromatic N) is 1. The maximum absolute atomic E-state index is 11.7. The van der Waals surface area contributed by atoms with E-state index in [1.807, 2.05) is 0 Å². The van der Waals surface area contributed by atoms with Gasteiger partial charge in [0, 0.05) is 24.3 Å². The Morgan fingerprint density at radius 2 is 2.19 bits per heavy atom. The normalized spacial score (nSPS) is 17.2. The van der Waals surface area contributed by atoms with Gasteiger partial charge in [0.1, 0.15) is 16.8 Å². The predicted octanol–water partition coefficient (Wildman–Crippen LogP) is 2.10. The number of carbonyl (C=O) groups excluding carboxylic acids is 1. The molecule has 1 amide bonds. The van der Waals surface area contributed by atoms with Crippen molar-refractivity contribution in [3.05, 3.63) is 58.5 Å². The molecule has 110 valence electrons. The summed E-state index contributed by atoms with van der Waals surface area (Å²) in [6.45, 7) is 0. The molecule has 7 nitrogen and oxygen atoms in total. The van der Waals surface area contributed by atoms with Crippen LogP contribution in [0.1, 0.15) is 6.42 Å². The lowest BCUT2D eigenvalue weighted by Gasteiger charge is -2.05. The molecular formula is C14H14N2O5. The van der Waals surface area contributed by atoms with Crippen molar-refractivity contribution in [3.8, 4) is 5.75 Å². The summed E-state index contributed by atoms with van der Waals surface area (Å²) in [4.78, 5) is 21.6. The van der Waals surface area contributed by atoms with Crippen molar-refractivity contribution in [2.24, 2.45) is 0 Å².